The smallest absolute Gasteiger partial charge is 0.0589 e. The highest BCUT2D eigenvalue weighted by atomic mass is 16.5. The number of aliphatic hydroxyl groups excluding tert-OH is 1. The summed E-state index contributed by atoms with van der Waals surface area (Å²) in [6.45, 7) is 4.81. The van der Waals surface area contributed by atoms with E-state index >= 15 is 0 Å². The lowest BCUT2D eigenvalue weighted by molar-refractivity contribution is 0.112. The van der Waals surface area contributed by atoms with Gasteiger partial charge < -0.3 is 14.6 Å². The van der Waals surface area contributed by atoms with Crippen LogP contribution in [-0.4, -0.2) is 63.7 Å². The van der Waals surface area contributed by atoms with Crippen LogP contribution in [0, 0.1) is 0 Å². The second kappa shape index (κ2) is 11.9. The van der Waals surface area contributed by atoms with Gasteiger partial charge in [0.25, 0.3) is 0 Å². The van der Waals surface area contributed by atoms with Gasteiger partial charge >= 0.3 is 0 Å². The highest BCUT2D eigenvalue weighted by Crippen LogP contribution is 1.98. The van der Waals surface area contributed by atoms with Gasteiger partial charge in [0.05, 0.1) is 13.2 Å². The van der Waals surface area contributed by atoms with E-state index in [1.807, 2.05) is 0 Å². The van der Waals surface area contributed by atoms with Crippen molar-refractivity contribution in [3.8, 4) is 0 Å². The van der Waals surface area contributed by atoms with Crippen LogP contribution in [0.2, 0.25) is 0 Å². The van der Waals surface area contributed by atoms with E-state index in [1.54, 1.807) is 14.2 Å². The third-order valence-corrected chi connectivity index (χ3v) is 2.36. The summed E-state index contributed by atoms with van der Waals surface area (Å²) in [5.74, 6) is 0. The minimum atomic E-state index is 0.302. The molecule has 0 aromatic carbocycles. The molecule has 0 aliphatic heterocycles. The van der Waals surface area contributed by atoms with Crippen molar-refractivity contribution in [2.75, 3.05) is 53.7 Å². The predicted molar refractivity (Wildman–Crippen MR) is 61.1 cm³/mol. The van der Waals surface area contributed by atoms with Gasteiger partial charge in [-0.2, -0.15) is 0 Å². The van der Waals surface area contributed by atoms with Gasteiger partial charge in [0.2, 0.25) is 0 Å². The lowest BCUT2D eigenvalue weighted by Gasteiger charge is -2.21. The molecule has 0 aromatic heterocycles. The Balaban J connectivity index is 3.49. The first-order valence-corrected chi connectivity index (χ1v) is 5.66. The number of ether oxygens (including phenoxy) is 2. The van der Waals surface area contributed by atoms with Crippen molar-refractivity contribution < 1.29 is 14.6 Å². The molecule has 92 valence electrons. The maximum absolute atomic E-state index is 8.66. The van der Waals surface area contributed by atoms with E-state index in [1.165, 1.54) is 0 Å². The maximum Gasteiger partial charge on any atom is 0.0589 e. The molecule has 0 saturated carbocycles. The minimum absolute atomic E-state index is 0.302. The predicted octanol–water partition coefficient (Wildman–Crippen LogP) is 0.744. The van der Waals surface area contributed by atoms with Gasteiger partial charge in [-0.15, -0.1) is 0 Å². The average Bonchev–Trinajstić information content (AvgIpc) is 2.27. The zero-order valence-corrected chi connectivity index (χ0v) is 10.1. The molecule has 0 saturated heterocycles. The number of hydrogen-bond acceptors (Lipinski definition) is 4. The summed E-state index contributed by atoms with van der Waals surface area (Å²) in [5.41, 5.74) is 0. The fourth-order valence-electron chi connectivity index (χ4n) is 1.40. The van der Waals surface area contributed by atoms with Crippen LogP contribution in [-0.2, 0) is 9.47 Å². The minimum Gasteiger partial charge on any atom is -0.396 e. The average molecular weight is 219 g/mol. The van der Waals surface area contributed by atoms with Gasteiger partial charge in [-0.25, -0.2) is 0 Å². The van der Waals surface area contributed by atoms with Crippen molar-refractivity contribution in [1.82, 2.24) is 4.90 Å². The molecule has 4 heteroatoms. The van der Waals surface area contributed by atoms with E-state index in [9.17, 15) is 0 Å². The first-order valence-electron chi connectivity index (χ1n) is 5.66. The van der Waals surface area contributed by atoms with Crippen molar-refractivity contribution >= 4 is 0 Å². The molecule has 0 rings (SSSR count). The number of aliphatic hydroxyl groups is 1. The van der Waals surface area contributed by atoms with Gasteiger partial charge in [0.15, 0.2) is 0 Å². The van der Waals surface area contributed by atoms with Crippen molar-refractivity contribution in [3.63, 3.8) is 0 Å². The molecule has 4 nitrogen and oxygen atoms in total. The van der Waals surface area contributed by atoms with Crippen LogP contribution in [0.3, 0.4) is 0 Å². The van der Waals surface area contributed by atoms with Gasteiger partial charge in [-0.1, -0.05) is 0 Å². The van der Waals surface area contributed by atoms with Crippen molar-refractivity contribution in [2.45, 2.75) is 19.3 Å². The lowest BCUT2D eigenvalue weighted by atomic mass is 10.2. The second-order valence-electron chi connectivity index (χ2n) is 3.61. The van der Waals surface area contributed by atoms with Crippen molar-refractivity contribution in [1.29, 1.82) is 0 Å². The number of rotatable bonds is 11. The van der Waals surface area contributed by atoms with Gasteiger partial charge in [-0.05, 0) is 25.8 Å². The Hall–Kier alpha value is -0.160. The molecule has 0 spiro atoms. The fourth-order valence-corrected chi connectivity index (χ4v) is 1.40. The van der Waals surface area contributed by atoms with Crippen LogP contribution < -0.4 is 0 Å². The summed E-state index contributed by atoms with van der Waals surface area (Å²) in [7, 11) is 3.44. The number of methoxy groups -OCH3 is 2. The monoisotopic (exact) mass is 219 g/mol. The molecule has 0 bridgehead atoms. The van der Waals surface area contributed by atoms with Crippen LogP contribution in [0.1, 0.15) is 19.3 Å². The highest BCUT2D eigenvalue weighted by molar-refractivity contribution is 4.57. The first-order chi connectivity index (χ1) is 7.35. The zero-order valence-electron chi connectivity index (χ0n) is 10.1. The van der Waals surface area contributed by atoms with Gasteiger partial charge in [0.1, 0.15) is 0 Å². The Bertz CT molecular complexity index is 114. The molecule has 0 heterocycles. The standard InChI is InChI=1S/C11H25NO3/c1-14-10-7-12(8-11-15-2)6-4-3-5-9-13/h13H,3-11H2,1-2H3. The van der Waals surface area contributed by atoms with Crippen molar-refractivity contribution in [3.05, 3.63) is 0 Å². The summed E-state index contributed by atoms with van der Waals surface area (Å²) in [6, 6.07) is 0. The summed E-state index contributed by atoms with van der Waals surface area (Å²) >= 11 is 0. The number of nitrogens with zero attached hydrogens (tertiary/aromatic N) is 1. The molecule has 0 unspecified atom stereocenters. The SMILES string of the molecule is COCCN(CCCCCO)CCOC. The van der Waals surface area contributed by atoms with Crippen LogP contribution in [0.25, 0.3) is 0 Å². The Labute approximate surface area is 93.2 Å². The summed E-state index contributed by atoms with van der Waals surface area (Å²) in [5, 5.41) is 8.66. The van der Waals surface area contributed by atoms with Crippen LogP contribution in [0.5, 0.6) is 0 Å². The van der Waals surface area contributed by atoms with Gasteiger partial charge in [0, 0.05) is 33.9 Å². The third-order valence-electron chi connectivity index (χ3n) is 2.36. The fraction of sp³-hybridized carbons (Fsp3) is 1.00. The van der Waals surface area contributed by atoms with E-state index in [0.717, 1.165) is 52.1 Å². The molecule has 0 aliphatic rings. The first kappa shape index (κ1) is 14.8. The second-order valence-corrected chi connectivity index (χ2v) is 3.61. The Morgan fingerprint density at radius 3 is 1.93 bits per heavy atom. The quantitative estimate of drug-likeness (QED) is 0.521. The summed E-state index contributed by atoms with van der Waals surface area (Å²) in [6.07, 6.45) is 3.13. The Kier molecular flexibility index (Phi) is 11.8. The third kappa shape index (κ3) is 10.1. The Morgan fingerprint density at radius 1 is 0.867 bits per heavy atom. The molecular formula is C11H25NO3. The molecule has 0 aliphatic carbocycles. The van der Waals surface area contributed by atoms with Crippen LogP contribution in [0.4, 0.5) is 0 Å². The molecule has 0 amide bonds. The molecule has 0 radical (unpaired) electrons. The normalized spacial score (nSPS) is 11.2. The molecular weight excluding hydrogens is 194 g/mol. The van der Waals surface area contributed by atoms with Crippen LogP contribution >= 0.6 is 0 Å². The van der Waals surface area contributed by atoms with E-state index in [4.69, 9.17) is 14.6 Å². The van der Waals surface area contributed by atoms with E-state index in [2.05, 4.69) is 4.90 Å². The van der Waals surface area contributed by atoms with Gasteiger partial charge in [-0.3, -0.25) is 4.90 Å². The molecule has 0 atom stereocenters. The number of unbranched alkanes of at least 4 members (excludes halogenated alkanes) is 2. The number of hydrogen-bond donors (Lipinski definition) is 1. The van der Waals surface area contributed by atoms with E-state index in [0.29, 0.717) is 6.61 Å². The largest absolute Gasteiger partial charge is 0.396 e. The van der Waals surface area contributed by atoms with Crippen molar-refractivity contribution in [2.24, 2.45) is 0 Å². The molecule has 0 fully saturated rings. The van der Waals surface area contributed by atoms with E-state index in [-0.39, 0.29) is 0 Å². The summed E-state index contributed by atoms with van der Waals surface area (Å²) < 4.78 is 10.1. The van der Waals surface area contributed by atoms with Crippen LogP contribution in [0.15, 0.2) is 0 Å². The molecule has 0 aromatic rings. The highest BCUT2D eigenvalue weighted by Gasteiger charge is 2.03. The Morgan fingerprint density at radius 2 is 1.47 bits per heavy atom. The summed E-state index contributed by atoms with van der Waals surface area (Å²) in [4.78, 5) is 2.34. The lowest BCUT2D eigenvalue weighted by Crippen LogP contribution is -2.31. The molecule has 15 heavy (non-hydrogen) atoms. The molecule has 1 N–H and O–H groups in total. The topological polar surface area (TPSA) is 41.9 Å². The van der Waals surface area contributed by atoms with E-state index < -0.39 is 0 Å². The zero-order chi connectivity index (χ0) is 11.4. The maximum atomic E-state index is 8.66.